The smallest absolute Gasteiger partial charge is 0.339 e. The van der Waals surface area contributed by atoms with E-state index in [1.54, 1.807) is 13.0 Å². The lowest BCUT2D eigenvalue weighted by molar-refractivity contribution is 0.0697. The fourth-order valence-electron chi connectivity index (χ4n) is 1.27. The SMILES string of the molecule is Cc1cc(NCC(C)(C)CO)c(C(=O)O)cn1. The van der Waals surface area contributed by atoms with Crippen LogP contribution in [0.15, 0.2) is 12.3 Å². The first-order valence-corrected chi connectivity index (χ1v) is 5.40. The Morgan fingerprint density at radius 3 is 2.71 bits per heavy atom. The number of nitrogens with one attached hydrogen (secondary N) is 1. The van der Waals surface area contributed by atoms with Crippen LogP contribution in [0.2, 0.25) is 0 Å². The monoisotopic (exact) mass is 238 g/mol. The molecule has 0 saturated heterocycles. The summed E-state index contributed by atoms with van der Waals surface area (Å²) in [6.45, 7) is 6.12. The number of rotatable bonds is 5. The average molecular weight is 238 g/mol. The topological polar surface area (TPSA) is 82.5 Å². The van der Waals surface area contributed by atoms with Crippen LogP contribution in [0.25, 0.3) is 0 Å². The largest absolute Gasteiger partial charge is 0.478 e. The van der Waals surface area contributed by atoms with Crippen LogP contribution < -0.4 is 5.32 Å². The van der Waals surface area contributed by atoms with Gasteiger partial charge in [0.25, 0.3) is 0 Å². The highest BCUT2D eigenvalue weighted by molar-refractivity contribution is 5.93. The standard InChI is InChI=1S/C12H18N2O3/c1-8-4-10(9(5-13-8)11(16)17)14-6-12(2,3)7-15/h4-5,15H,6-7H2,1-3H3,(H,13,14)(H,16,17). The fourth-order valence-corrected chi connectivity index (χ4v) is 1.27. The van der Waals surface area contributed by atoms with E-state index < -0.39 is 5.97 Å². The summed E-state index contributed by atoms with van der Waals surface area (Å²) in [4.78, 5) is 15.0. The zero-order valence-electron chi connectivity index (χ0n) is 10.3. The first kappa shape index (κ1) is 13.4. The molecule has 94 valence electrons. The number of aromatic carboxylic acids is 1. The summed E-state index contributed by atoms with van der Waals surface area (Å²) in [5, 5.41) is 21.2. The van der Waals surface area contributed by atoms with Gasteiger partial charge in [-0.1, -0.05) is 13.8 Å². The van der Waals surface area contributed by atoms with Gasteiger partial charge in [-0.3, -0.25) is 4.98 Å². The van der Waals surface area contributed by atoms with E-state index >= 15 is 0 Å². The third-order valence-corrected chi connectivity index (χ3v) is 2.46. The van der Waals surface area contributed by atoms with Gasteiger partial charge in [-0.05, 0) is 13.0 Å². The van der Waals surface area contributed by atoms with E-state index in [-0.39, 0.29) is 17.6 Å². The molecule has 1 aromatic rings. The van der Waals surface area contributed by atoms with Crippen LogP contribution in [0, 0.1) is 12.3 Å². The van der Waals surface area contributed by atoms with Gasteiger partial charge in [0.2, 0.25) is 0 Å². The molecule has 0 aliphatic heterocycles. The molecule has 0 atom stereocenters. The van der Waals surface area contributed by atoms with Crippen molar-refractivity contribution in [1.82, 2.24) is 4.98 Å². The highest BCUT2D eigenvalue weighted by Gasteiger charge is 2.18. The molecular formula is C12H18N2O3. The van der Waals surface area contributed by atoms with Crippen LogP contribution in [0.1, 0.15) is 29.9 Å². The molecule has 0 spiro atoms. The predicted octanol–water partition coefficient (Wildman–Crippen LogP) is 1.52. The average Bonchev–Trinajstić information content (AvgIpc) is 2.26. The lowest BCUT2D eigenvalue weighted by Crippen LogP contribution is -2.27. The van der Waals surface area contributed by atoms with Gasteiger partial charge in [-0.25, -0.2) is 4.79 Å². The molecule has 0 aromatic carbocycles. The van der Waals surface area contributed by atoms with E-state index in [9.17, 15) is 4.79 Å². The Morgan fingerprint density at radius 1 is 1.53 bits per heavy atom. The lowest BCUT2D eigenvalue weighted by Gasteiger charge is -2.23. The number of aliphatic hydroxyl groups is 1. The molecule has 17 heavy (non-hydrogen) atoms. The van der Waals surface area contributed by atoms with E-state index in [2.05, 4.69) is 10.3 Å². The molecule has 0 aliphatic rings. The molecule has 5 nitrogen and oxygen atoms in total. The summed E-state index contributed by atoms with van der Waals surface area (Å²) in [7, 11) is 0. The molecule has 0 amide bonds. The van der Waals surface area contributed by atoms with Gasteiger partial charge in [0.1, 0.15) is 5.56 Å². The Balaban J connectivity index is 2.89. The van der Waals surface area contributed by atoms with E-state index in [0.29, 0.717) is 12.2 Å². The maximum absolute atomic E-state index is 11.0. The van der Waals surface area contributed by atoms with Gasteiger partial charge >= 0.3 is 5.97 Å². The number of nitrogens with zero attached hydrogens (tertiary/aromatic N) is 1. The lowest BCUT2D eigenvalue weighted by atomic mass is 9.95. The Bertz CT molecular complexity index is 416. The third-order valence-electron chi connectivity index (χ3n) is 2.46. The maximum Gasteiger partial charge on any atom is 0.339 e. The Hall–Kier alpha value is -1.62. The Labute approximate surface area is 101 Å². The van der Waals surface area contributed by atoms with Crippen molar-refractivity contribution < 1.29 is 15.0 Å². The van der Waals surface area contributed by atoms with E-state index in [0.717, 1.165) is 5.69 Å². The predicted molar refractivity (Wildman–Crippen MR) is 65.3 cm³/mol. The van der Waals surface area contributed by atoms with Crippen LogP contribution in [0.4, 0.5) is 5.69 Å². The molecule has 5 heteroatoms. The molecule has 0 unspecified atom stereocenters. The second-order valence-electron chi connectivity index (χ2n) is 4.85. The fraction of sp³-hybridized carbons (Fsp3) is 0.500. The van der Waals surface area contributed by atoms with Crippen molar-refractivity contribution in [2.75, 3.05) is 18.5 Å². The summed E-state index contributed by atoms with van der Waals surface area (Å²) < 4.78 is 0. The van der Waals surface area contributed by atoms with Crippen molar-refractivity contribution in [1.29, 1.82) is 0 Å². The van der Waals surface area contributed by atoms with Crippen molar-refractivity contribution in [3.63, 3.8) is 0 Å². The van der Waals surface area contributed by atoms with E-state index in [1.165, 1.54) is 6.20 Å². The second kappa shape index (κ2) is 5.14. The molecule has 1 heterocycles. The molecule has 0 saturated carbocycles. The summed E-state index contributed by atoms with van der Waals surface area (Å²) in [5.74, 6) is -1.01. The number of carboxylic acids is 1. The Morgan fingerprint density at radius 2 is 2.18 bits per heavy atom. The van der Waals surface area contributed by atoms with Crippen LogP contribution in [0.3, 0.4) is 0 Å². The number of aromatic nitrogens is 1. The van der Waals surface area contributed by atoms with Crippen molar-refractivity contribution in [3.05, 3.63) is 23.5 Å². The number of hydrogen-bond acceptors (Lipinski definition) is 4. The summed E-state index contributed by atoms with van der Waals surface area (Å²) in [5.41, 5.74) is 1.13. The number of anilines is 1. The Kier molecular flexibility index (Phi) is 4.07. The number of carboxylic acid groups (broad SMARTS) is 1. The van der Waals surface area contributed by atoms with Crippen LogP contribution >= 0.6 is 0 Å². The first-order chi connectivity index (χ1) is 7.85. The molecule has 0 aliphatic carbocycles. The number of hydrogen-bond donors (Lipinski definition) is 3. The maximum atomic E-state index is 11.0. The molecule has 3 N–H and O–H groups in total. The van der Waals surface area contributed by atoms with Crippen LogP contribution in [0.5, 0.6) is 0 Å². The van der Waals surface area contributed by atoms with Gasteiger partial charge in [0.15, 0.2) is 0 Å². The van der Waals surface area contributed by atoms with Crippen molar-refractivity contribution in [3.8, 4) is 0 Å². The first-order valence-electron chi connectivity index (χ1n) is 5.40. The van der Waals surface area contributed by atoms with Gasteiger partial charge in [-0.2, -0.15) is 0 Å². The zero-order valence-corrected chi connectivity index (χ0v) is 10.3. The molecule has 1 aromatic heterocycles. The summed E-state index contributed by atoms with van der Waals surface area (Å²) in [6.07, 6.45) is 1.34. The highest BCUT2D eigenvalue weighted by atomic mass is 16.4. The summed E-state index contributed by atoms with van der Waals surface area (Å²) >= 11 is 0. The van der Waals surface area contributed by atoms with Gasteiger partial charge < -0.3 is 15.5 Å². The number of aryl methyl sites for hydroxylation is 1. The van der Waals surface area contributed by atoms with Gasteiger partial charge in [-0.15, -0.1) is 0 Å². The minimum absolute atomic E-state index is 0.0342. The summed E-state index contributed by atoms with van der Waals surface area (Å²) in [6, 6.07) is 1.69. The number of carbonyl (C=O) groups is 1. The molecule has 0 bridgehead atoms. The van der Waals surface area contributed by atoms with Gasteiger partial charge in [0.05, 0.1) is 5.69 Å². The van der Waals surface area contributed by atoms with Crippen molar-refractivity contribution in [2.45, 2.75) is 20.8 Å². The molecule has 1 rings (SSSR count). The van der Waals surface area contributed by atoms with Crippen molar-refractivity contribution >= 4 is 11.7 Å². The van der Waals surface area contributed by atoms with Crippen LogP contribution in [-0.4, -0.2) is 34.3 Å². The van der Waals surface area contributed by atoms with E-state index in [1.807, 2.05) is 13.8 Å². The quantitative estimate of drug-likeness (QED) is 0.724. The second-order valence-corrected chi connectivity index (χ2v) is 4.85. The van der Waals surface area contributed by atoms with Gasteiger partial charge in [0, 0.05) is 30.5 Å². The number of aliphatic hydroxyl groups excluding tert-OH is 1. The van der Waals surface area contributed by atoms with E-state index in [4.69, 9.17) is 10.2 Å². The highest BCUT2D eigenvalue weighted by Crippen LogP contribution is 2.19. The van der Waals surface area contributed by atoms with Crippen LogP contribution in [-0.2, 0) is 0 Å². The zero-order chi connectivity index (χ0) is 13.1. The minimum Gasteiger partial charge on any atom is -0.478 e. The molecule has 0 radical (unpaired) electrons. The van der Waals surface area contributed by atoms with Crippen molar-refractivity contribution in [2.24, 2.45) is 5.41 Å². The number of pyridine rings is 1. The normalized spacial score (nSPS) is 11.3. The minimum atomic E-state index is -1.01. The molecular weight excluding hydrogens is 220 g/mol. The third kappa shape index (κ3) is 3.71. The molecule has 0 fully saturated rings.